The van der Waals surface area contributed by atoms with Gasteiger partial charge in [-0.3, -0.25) is 0 Å². The van der Waals surface area contributed by atoms with Crippen molar-refractivity contribution in [2.45, 2.75) is 87.9 Å². The summed E-state index contributed by atoms with van der Waals surface area (Å²) in [7, 11) is 0. The van der Waals surface area contributed by atoms with E-state index in [4.69, 9.17) is 15.0 Å². The Bertz CT molecular complexity index is 2030. The minimum Gasteiger partial charge on any atom is -0.208 e. The highest BCUT2D eigenvalue weighted by atomic mass is 15.0. The van der Waals surface area contributed by atoms with E-state index in [1.54, 1.807) is 0 Å². The van der Waals surface area contributed by atoms with Gasteiger partial charge in [0, 0.05) is 16.7 Å². The minimum absolute atomic E-state index is 0.371. The van der Waals surface area contributed by atoms with Crippen LogP contribution in [0.1, 0.15) is 93.7 Å². The second-order valence-corrected chi connectivity index (χ2v) is 18.1. The van der Waals surface area contributed by atoms with Gasteiger partial charge >= 0.3 is 0 Å². The monoisotopic (exact) mass is 678 g/mol. The highest BCUT2D eigenvalue weighted by Crippen LogP contribution is 2.62. The standard InChI is InChI=1S/C48H46N4/c49-29-30-2-1-3-41(22-30)37-4-6-38(7-5-37)44-50-45(39-8-12-42(13-9-39)47-23-31-16-32(24-47)18-33(17-31)25-47)52-46(51-44)40-10-14-43(15-11-40)48-26-34-19-35(27-48)21-36(20-34)28-48/h1-15,22,31-36H,16-21,23-28H2/t31-,32+,33-,34-,35+,36?,47?,48?. The first-order valence-electron chi connectivity index (χ1n) is 20.1. The molecule has 8 bridgehead atoms. The van der Waals surface area contributed by atoms with Crippen LogP contribution in [0, 0.1) is 46.8 Å². The maximum atomic E-state index is 9.43. The normalized spacial score (nSPS) is 32.2. The lowest BCUT2D eigenvalue weighted by Gasteiger charge is -2.57. The highest BCUT2D eigenvalue weighted by Gasteiger charge is 2.52. The Kier molecular flexibility index (Phi) is 6.96. The van der Waals surface area contributed by atoms with Crippen LogP contribution < -0.4 is 0 Å². The molecular formula is C48H46N4. The molecule has 0 atom stereocenters. The van der Waals surface area contributed by atoms with Gasteiger partial charge in [-0.2, -0.15) is 5.26 Å². The maximum Gasteiger partial charge on any atom is 0.164 e. The van der Waals surface area contributed by atoms with Crippen molar-refractivity contribution in [2.75, 3.05) is 0 Å². The van der Waals surface area contributed by atoms with E-state index in [-0.39, 0.29) is 0 Å². The Balaban J connectivity index is 0.952. The topological polar surface area (TPSA) is 62.5 Å². The van der Waals surface area contributed by atoms with E-state index in [0.717, 1.165) is 75.0 Å². The van der Waals surface area contributed by atoms with Crippen molar-refractivity contribution in [1.29, 1.82) is 5.26 Å². The number of hydrogen-bond donors (Lipinski definition) is 0. The smallest absolute Gasteiger partial charge is 0.164 e. The Morgan fingerprint density at radius 3 is 1.13 bits per heavy atom. The van der Waals surface area contributed by atoms with Crippen LogP contribution in [0.3, 0.4) is 0 Å². The average molecular weight is 679 g/mol. The third-order valence-electron chi connectivity index (χ3n) is 14.7. The van der Waals surface area contributed by atoms with Gasteiger partial charge in [0.25, 0.3) is 0 Å². The summed E-state index contributed by atoms with van der Waals surface area (Å²) >= 11 is 0. The lowest BCUT2D eigenvalue weighted by Crippen LogP contribution is -2.48. The lowest BCUT2D eigenvalue weighted by atomic mass is 9.48. The summed E-state index contributed by atoms with van der Waals surface area (Å²) in [5, 5.41) is 9.43. The number of benzene rings is 4. The molecule has 5 aromatic rings. The fraction of sp³-hybridized carbons (Fsp3) is 0.417. The Labute approximate surface area is 307 Å². The van der Waals surface area contributed by atoms with Crippen molar-refractivity contribution >= 4 is 0 Å². The second-order valence-electron chi connectivity index (χ2n) is 18.1. The molecule has 8 fully saturated rings. The molecule has 258 valence electrons. The largest absolute Gasteiger partial charge is 0.208 e. The molecule has 0 aliphatic heterocycles. The van der Waals surface area contributed by atoms with Crippen molar-refractivity contribution in [3.05, 3.63) is 114 Å². The summed E-state index contributed by atoms with van der Waals surface area (Å²) in [6, 6.07) is 37.2. The number of hydrogen-bond acceptors (Lipinski definition) is 4. The van der Waals surface area contributed by atoms with E-state index in [2.05, 4.69) is 84.9 Å². The van der Waals surface area contributed by atoms with Gasteiger partial charge in [0.05, 0.1) is 11.6 Å². The van der Waals surface area contributed by atoms with Crippen LogP contribution in [-0.2, 0) is 10.8 Å². The predicted molar refractivity (Wildman–Crippen MR) is 206 cm³/mol. The molecule has 4 nitrogen and oxygen atoms in total. The molecule has 0 amide bonds. The zero-order valence-electron chi connectivity index (χ0n) is 30.0. The van der Waals surface area contributed by atoms with E-state index in [0.29, 0.717) is 22.2 Å². The molecule has 0 saturated heterocycles. The maximum absolute atomic E-state index is 9.43. The first-order chi connectivity index (χ1) is 25.5. The molecular weight excluding hydrogens is 633 g/mol. The molecule has 13 rings (SSSR count). The molecule has 1 heterocycles. The van der Waals surface area contributed by atoms with Gasteiger partial charge in [-0.1, -0.05) is 84.9 Å². The zero-order valence-corrected chi connectivity index (χ0v) is 30.0. The van der Waals surface area contributed by atoms with E-state index in [1.807, 2.05) is 18.2 Å². The predicted octanol–water partition coefficient (Wildman–Crippen LogP) is 11.3. The summed E-state index contributed by atoms with van der Waals surface area (Å²) in [6.07, 6.45) is 17.0. The van der Waals surface area contributed by atoms with Gasteiger partial charge in [-0.15, -0.1) is 0 Å². The molecule has 1 aromatic heterocycles. The van der Waals surface area contributed by atoms with E-state index < -0.39 is 0 Å². The van der Waals surface area contributed by atoms with Crippen LogP contribution >= 0.6 is 0 Å². The molecule has 0 radical (unpaired) electrons. The molecule has 4 aromatic carbocycles. The molecule has 4 heteroatoms. The van der Waals surface area contributed by atoms with Gasteiger partial charge in [0.1, 0.15) is 0 Å². The summed E-state index contributed by atoms with van der Waals surface area (Å²) < 4.78 is 0. The van der Waals surface area contributed by atoms with Crippen LogP contribution in [0.15, 0.2) is 97.1 Å². The van der Waals surface area contributed by atoms with Crippen molar-refractivity contribution in [3.8, 4) is 51.4 Å². The highest BCUT2D eigenvalue weighted by molar-refractivity contribution is 5.71. The van der Waals surface area contributed by atoms with Gasteiger partial charge in [0.2, 0.25) is 0 Å². The number of rotatable bonds is 6. The van der Waals surface area contributed by atoms with Crippen LogP contribution in [0.4, 0.5) is 0 Å². The fourth-order valence-corrected chi connectivity index (χ4v) is 13.2. The molecule has 0 unspecified atom stereocenters. The van der Waals surface area contributed by atoms with Crippen molar-refractivity contribution in [3.63, 3.8) is 0 Å². The number of aromatic nitrogens is 3. The summed E-state index contributed by atoms with van der Waals surface area (Å²) in [5.41, 5.74) is 9.61. The van der Waals surface area contributed by atoms with Crippen molar-refractivity contribution in [1.82, 2.24) is 15.0 Å². The lowest BCUT2D eigenvalue weighted by molar-refractivity contribution is -0.00530. The van der Waals surface area contributed by atoms with Gasteiger partial charge in [0.15, 0.2) is 17.5 Å². The van der Waals surface area contributed by atoms with Crippen LogP contribution in [0.5, 0.6) is 0 Å². The first kappa shape index (κ1) is 31.0. The Morgan fingerprint density at radius 1 is 0.423 bits per heavy atom. The van der Waals surface area contributed by atoms with Crippen LogP contribution in [0.2, 0.25) is 0 Å². The Hall–Kier alpha value is -4.62. The SMILES string of the molecule is N#Cc1cccc(-c2ccc(-c3nc(-c4ccc(C56CC7C[C@H](C5)C[C@@H](C7)C6)cc4)nc(-c4ccc(C56C[C@H]7C[C@@H](C5)C[C@@H](C6)C7)cc4)n3)cc2)c1. The fourth-order valence-electron chi connectivity index (χ4n) is 13.2. The third kappa shape index (κ3) is 5.18. The molecule has 52 heavy (non-hydrogen) atoms. The van der Waals surface area contributed by atoms with E-state index >= 15 is 0 Å². The third-order valence-corrected chi connectivity index (χ3v) is 14.7. The van der Waals surface area contributed by atoms with Gasteiger partial charge < -0.3 is 0 Å². The molecule has 0 N–H and O–H groups in total. The summed E-state index contributed by atoms with van der Waals surface area (Å²) in [6.45, 7) is 0. The minimum atomic E-state index is 0.371. The van der Waals surface area contributed by atoms with Crippen LogP contribution in [0.25, 0.3) is 45.3 Å². The number of nitriles is 1. The van der Waals surface area contributed by atoms with Crippen molar-refractivity contribution in [2.24, 2.45) is 35.5 Å². The van der Waals surface area contributed by atoms with Crippen LogP contribution in [-0.4, -0.2) is 15.0 Å². The molecule has 8 aliphatic rings. The van der Waals surface area contributed by atoms with Crippen molar-refractivity contribution < 1.29 is 0 Å². The molecule has 0 spiro atoms. The first-order valence-corrected chi connectivity index (χ1v) is 20.1. The quantitative estimate of drug-likeness (QED) is 0.179. The zero-order chi connectivity index (χ0) is 34.4. The molecule has 8 saturated carbocycles. The van der Waals surface area contributed by atoms with Gasteiger partial charge in [-0.25, -0.2) is 15.0 Å². The Morgan fingerprint density at radius 2 is 0.769 bits per heavy atom. The summed E-state index contributed by atoms with van der Waals surface area (Å²) in [4.78, 5) is 15.4. The average Bonchev–Trinajstić information content (AvgIpc) is 3.17. The second kappa shape index (κ2) is 11.7. The molecule has 8 aliphatic carbocycles. The summed E-state index contributed by atoms with van der Waals surface area (Å²) in [5.74, 6) is 7.71. The van der Waals surface area contributed by atoms with Gasteiger partial charge in [-0.05, 0) is 158 Å². The number of nitrogens with zero attached hydrogens (tertiary/aromatic N) is 4. The van der Waals surface area contributed by atoms with E-state index in [9.17, 15) is 5.26 Å². The van der Waals surface area contributed by atoms with E-state index in [1.165, 1.54) is 88.2 Å².